The summed E-state index contributed by atoms with van der Waals surface area (Å²) in [5.74, 6) is 0.257. The van der Waals surface area contributed by atoms with Crippen LogP contribution in [0.25, 0.3) is 0 Å². The first-order chi connectivity index (χ1) is 7.97. The van der Waals surface area contributed by atoms with E-state index in [0.29, 0.717) is 12.6 Å². The lowest BCUT2D eigenvalue weighted by atomic mass is 9.95. The summed E-state index contributed by atoms with van der Waals surface area (Å²) in [7, 11) is -0.847. The van der Waals surface area contributed by atoms with Crippen LogP contribution in [0.3, 0.4) is 0 Å². The Bertz CT molecular complexity index is 298. The van der Waals surface area contributed by atoms with Gasteiger partial charge in [-0.15, -0.1) is 0 Å². The van der Waals surface area contributed by atoms with Gasteiger partial charge in [-0.05, 0) is 19.9 Å². The van der Waals surface area contributed by atoms with Crippen LogP contribution in [0.2, 0.25) is 0 Å². The third-order valence-electron chi connectivity index (χ3n) is 3.38. The largest absolute Gasteiger partial charge is 0.313 e. The molecule has 1 fully saturated rings. The Balaban J connectivity index is 2.05. The third-order valence-corrected chi connectivity index (χ3v) is 4.30. The molecule has 1 N–H and O–H groups in total. The van der Waals surface area contributed by atoms with E-state index in [1.54, 1.807) is 0 Å². The Morgan fingerprint density at radius 1 is 1.18 bits per heavy atom. The zero-order valence-corrected chi connectivity index (χ0v) is 11.9. The van der Waals surface area contributed by atoms with Crippen molar-refractivity contribution >= 4 is 9.84 Å². The van der Waals surface area contributed by atoms with Gasteiger partial charge in [-0.2, -0.15) is 0 Å². The number of rotatable bonds is 7. The summed E-state index contributed by atoms with van der Waals surface area (Å²) in [4.78, 5) is 2.08. The van der Waals surface area contributed by atoms with E-state index in [0.717, 1.165) is 13.1 Å². The molecule has 0 saturated heterocycles. The second-order valence-electron chi connectivity index (χ2n) is 5.22. The van der Waals surface area contributed by atoms with E-state index < -0.39 is 9.84 Å². The molecule has 102 valence electrons. The van der Waals surface area contributed by atoms with Crippen molar-refractivity contribution in [2.24, 2.45) is 0 Å². The average molecular weight is 262 g/mol. The molecule has 0 atom stereocenters. The van der Waals surface area contributed by atoms with Gasteiger partial charge in [0.1, 0.15) is 9.84 Å². The minimum Gasteiger partial charge on any atom is -0.313 e. The molecule has 4 nitrogen and oxygen atoms in total. The third kappa shape index (κ3) is 7.73. The first kappa shape index (κ1) is 14.9. The van der Waals surface area contributed by atoms with Crippen molar-refractivity contribution in [3.05, 3.63) is 0 Å². The molecule has 0 spiro atoms. The summed E-state index contributed by atoms with van der Waals surface area (Å²) in [5.41, 5.74) is 0. The second kappa shape index (κ2) is 7.34. The minimum absolute atomic E-state index is 0.257. The normalized spacial score (nSPS) is 18.8. The number of hydrogen-bond donors (Lipinski definition) is 1. The Morgan fingerprint density at radius 3 is 2.41 bits per heavy atom. The highest BCUT2D eigenvalue weighted by Crippen LogP contribution is 2.16. The molecule has 1 saturated carbocycles. The maximum atomic E-state index is 11.0. The average Bonchev–Trinajstić information content (AvgIpc) is 2.27. The molecule has 1 aliphatic rings. The Hall–Kier alpha value is -0.130. The number of likely N-dealkylation sites (N-methyl/N-ethyl adjacent to an activating group) is 1. The van der Waals surface area contributed by atoms with Crippen LogP contribution >= 0.6 is 0 Å². The monoisotopic (exact) mass is 262 g/mol. The van der Waals surface area contributed by atoms with Gasteiger partial charge in [0.2, 0.25) is 0 Å². The van der Waals surface area contributed by atoms with Crippen molar-refractivity contribution in [2.45, 2.75) is 38.1 Å². The molecular formula is C12H26N2O2S. The van der Waals surface area contributed by atoms with E-state index >= 15 is 0 Å². The molecule has 17 heavy (non-hydrogen) atoms. The van der Waals surface area contributed by atoms with Gasteiger partial charge < -0.3 is 10.2 Å². The fourth-order valence-electron chi connectivity index (χ4n) is 2.20. The summed E-state index contributed by atoms with van der Waals surface area (Å²) in [6.07, 6.45) is 7.97. The standard InChI is InChI=1S/C12H26N2O2S/c1-14(10-11-17(2,15)16)9-8-13-12-6-4-3-5-7-12/h12-13H,3-11H2,1-2H3. The van der Waals surface area contributed by atoms with E-state index in [1.807, 2.05) is 7.05 Å². The summed E-state index contributed by atoms with van der Waals surface area (Å²) in [6, 6.07) is 0.687. The van der Waals surface area contributed by atoms with E-state index in [9.17, 15) is 8.42 Å². The van der Waals surface area contributed by atoms with Crippen molar-refractivity contribution in [2.75, 3.05) is 38.7 Å². The first-order valence-electron chi connectivity index (χ1n) is 6.57. The SMILES string of the molecule is CN(CCNC1CCCCC1)CCS(C)(=O)=O. The Morgan fingerprint density at radius 2 is 1.82 bits per heavy atom. The smallest absolute Gasteiger partial charge is 0.148 e. The predicted octanol–water partition coefficient (Wildman–Crippen LogP) is 0.885. The summed E-state index contributed by atoms with van der Waals surface area (Å²) in [6.45, 7) is 2.52. The molecule has 5 heteroatoms. The second-order valence-corrected chi connectivity index (χ2v) is 7.48. The van der Waals surface area contributed by atoms with Crippen LogP contribution in [-0.2, 0) is 9.84 Å². The van der Waals surface area contributed by atoms with Crippen LogP contribution < -0.4 is 5.32 Å². The summed E-state index contributed by atoms with van der Waals surface area (Å²) in [5, 5.41) is 3.56. The number of hydrogen-bond acceptors (Lipinski definition) is 4. The van der Waals surface area contributed by atoms with Gasteiger partial charge in [0.15, 0.2) is 0 Å². The zero-order chi connectivity index (χ0) is 12.7. The van der Waals surface area contributed by atoms with E-state index in [4.69, 9.17) is 0 Å². The quantitative estimate of drug-likeness (QED) is 0.740. The topological polar surface area (TPSA) is 49.4 Å². The van der Waals surface area contributed by atoms with Gasteiger partial charge in [0, 0.05) is 31.9 Å². The molecule has 0 heterocycles. The minimum atomic E-state index is -2.83. The molecule has 0 bridgehead atoms. The van der Waals surface area contributed by atoms with Gasteiger partial charge in [-0.3, -0.25) is 0 Å². The van der Waals surface area contributed by atoms with Crippen molar-refractivity contribution in [3.63, 3.8) is 0 Å². The van der Waals surface area contributed by atoms with Gasteiger partial charge in [0.25, 0.3) is 0 Å². The maximum absolute atomic E-state index is 11.0. The van der Waals surface area contributed by atoms with E-state index in [2.05, 4.69) is 10.2 Å². The molecule has 0 radical (unpaired) electrons. The molecule has 0 aliphatic heterocycles. The summed E-state index contributed by atoms with van der Waals surface area (Å²) >= 11 is 0. The van der Waals surface area contributed by atoms with E-state index in [-0.39, 0.29) is 5.75 Å². The van der Waals surface area contributed by atoms with Crippen molar-refractivity contribution < 1.29 is 8.42 Å². The molecule has 0 aromatic rings. The Kier molecular flexibility index (Phi) is 6.44. The van der Waals surface area contributed by atoms with Gasteiger partial charge in [0.05, 0.1) is 5.75 Å². The highest BCUT2D eigenvalue weighted by atomic mass is 32.2. The van der Waals surface area contributed by atoms with Crippen LogP contribution in [0, 0.1) is 0 Å². The van der Waals surface area contributed by atoms with Crippen LogP contribution in [0.5, 0.6) is 0 Å². The molecule has 1 rings (SSSR count). The summed E-state index contributed by atoms with van der Waals surface area (Å²) < 4.78 is 22.0. The lowest BCUT2D eigenvalue weighted by Crippen LogP contribution is -2.38. The number of nitrogens with one attached hydrogen (secondary N) is 1. The van der Waals surface area contributed by atoms with Crippen LogP contribution in [-0.4, -0.2) is 58.1 Å². The van der Waals surface area contributed by atoms with Crippen molar-refractivity contribution in [1.82, 2.24) is 10.2 Å². The molecule has 1 aliphatic carbocycles. The first-order valence-corrected chi connectivity index (χ1v) is 8.63. The molecule has 0 aromatic carbocycles. The number of nitrogens with zero attached hydrogens (tertiary/aromatic N) is 1. The molecular weight excluding hydrogens is 236 g/mol. The Labute approximate surface area is 106 Å². The number of sulfone groups is 1. The molecule has 0 amide bonds. The molecule has 0 aromatic heterocycles. The van der Waals surface area contributed by atoms with E-state index in [1.165, 1.54) is 38.4 Å². The highest BCUT2D eigenvalue weighted by molar-refractivity contribution is 7.90. The van der Waals surface area contributed by atoms with Crippen molar-refractivity contribution in [3.8, 4) is 0 Å². The molecule has 0 unspecified atom stereocenters. The van der Waals surface area contributed by atoms with Crippen LogP contribution in [0.4, 0.5) is 0 Å². The van der Waals surface area contributed by atoms with Crippen LogP contribution in [0.1, 0.15) is 32.1 Å². The fourth-order valence-corrected chi connectivity index (χ4v) is 2.84. The van der Waals surface area contributed by atoms with Crippen LogP contribution in [0.15, 0.2) is 0 Å². The van der Waals surface area contributed by atoms with Gasteiger partial charge >= 0.3 is 0 Å². The van der Waals surface area contributed by atoms with Crippen molar-refractivity contribution in [1.29, 1.82) is 0 Å². The zero-order valence-electron chi connectivity index (χ0n) is 11.1. The fraction of sp³-hybridized carbons (Fsp3) is 1.00. The highest BCUT2D eigenvalue weighted by Gasteiger charge is 2.12. The lowest BCUT2D eigenvalue weighted by molar-refractivity contribution is 0.317. The van der Waals surface area contributed by atoms with Gasteiger partial charge in [-0.1, -0.05) is 19.3 Å². The maximum Gasteiger partial charge on any atom is 0.148 e. The van der Waals surface area contributed by atoms with Gasteiger partial charge in [-0.25, -0.2) is 8.42 Å². The predicted molar refractivity (Wildman–Crippen MR) is 72.1 cm³/mol. The lowest BCUT2D eigenvalue weighted by Gasteiger charge is -2.24.